The Morgan fingerprint density at radius 2 is 1.70 bits per heavy atom. The van der Waals surface area contributed by atoms with Crippen molar-refractivity contribution in [2.24, 2.45) is 34.0 Å². The normalized spacial score (nSPS) is 39.9. The van der Waals surface area contributed by atoms with Crippen molar-refractivity contribution in [1.82, 2.24) is 0 Å². The summed E-state index contributed by atoms with van der Waals surface area (Å²) in [5.41, 5.74) is -3.24. The molecule has 7 atom stereocenters. The third kappa shape index (κ3) is 5.23. The highest BCUT2D eigenvalue weighted by Crippen LogP contribution is 2.63. The fourth-order valence-corrected chi connectivity index (χ4v) is 10.2. The zero-order chi connectivity index (χ0) is 28.5. The van der Waals surface area contributed by atoms with Gasteiger partial charge in [0.05, 0.1) is 18.1 Å². The van der Waals surface area contributed by atoms with Gasteiger partial charge in [0.2, 0.25) is 0 Å². The van der Waals surface area contributed by atoms with E-state index < -0.39 is 38.3 Å². The molecule has 3 aliphatic rings. The van der Waals surface area contributed by atoms with Crippen LogP contribution in [0.3, 0.4) is 0 Å². The molecular weight excluding hydrogens is 603 g/mol. The van der Waals surface area contributed by atoms with Gasteiger partial charge in [-0.3, -0.25) is 9.59 Å². The first-order valence-corrected chi connectivity index (χ1v) is 15.5. The van der Waals surface area contributed by atoms with E-state index in [1.165, 1.54) is 7.11 Å². The summed E-state index contributed by atoms with van der Waals surface area (Å²) in [6.07, 6.45) is 5.87. The molecule has 0 saturated heterocycles. The largest absolute Gasteiger partial charge is 0.468 e. The second kappa shape index (κ2) is 9.78. The van der Waals surface area contributed by atoms with Gasteiger partial charge in [0.25, 0.3) is 0 Å². The van der Waals surface area contributed by atoms with E-state index in [9.17, 15) is 14.7 Å². The maximum Gasteiger partial charge on any atom is 0.327 e. The Labute approximate surface area is 243 Å². The van der Waals surface area contributed by atoms with Gasteiger partial charge in [-0.05, 0) is 61.7 Å². The molecule has 0 aromatic heterocycles. The highest BCUT2D eigenvalue weighted by Gasteiger charge is 2.65. The third-order valence-electron chi connectivity index (χ3n) is 10.8. The van der Waals surface area contributed by atoms with Gasteiger partial charge in [0, 0.05) is 21.7 Å². The molecule has 0 aromatic rings. The van der Waals surface area contributed by atoms with Crippen molar-refractivity contribution in [2.75, 3.05) is 7.11 Å². The van der Waals surface area contributed by atoms with Crippen LogP contribution in [-0.4, -0.2) is 43.7 Å². The minimum absolute atomic E-state index is 0.124. The zero-order valence-corrected chi connectivity index (χ0v) is 27.6. The lowest BCUT2D eigenvalue weighted by atomic mass is 9.48. The number of esters is 2. The molecular formula is C30H50ClIO5. The number of hydrogen-bond donors (Lipinski definition) is 1. The molecule has 0 aliphatic heterocycles. The average molecular weight is 653 g/mol. The van der Waals surface area contributed by atoms with Gasteiger partial charge < -0.3 is 14.6 Å². The van der Waals surface area contributed by atoms with Crippen molar-refractivity contribution in [1.29, 1.82) is 0 Å². The van der Waals surface area contributed by atoms with Crippen LogP contribution in [0, 0.1) is 34.0 Å². The second-order valence-corrected chi connectivity index (χ2v) is 18.1. The maximum atomic E-state index is 14.3. The van der Waals surface area contributed by atoms with Gasteiger partial charge in [-0.1, -0.05) is 84.9 Å². The highest BCUT2D eigenvalue weighted by molar-refractivity contribution is 14.1. The van der Waals surface area contributed by atoms with E-state index in [0.717, 1.165) is 38.5 Å². The number of methoxy groups -OCH3 is 1. The van der Waals surface area contributed by atoms with Crippen LogP contribution < -0.4 is 0 Å². The summed E-state index contributed by atoms with van der Waals surface area (Å²) in [5, 5.41) is 11.5. The molecule has 0 aromatic carbocycles. The topological polar surface area (TPSA) is 72.8 Å². The molecule has 37 heavy (non-hydrogen) atoms. The first-order valence-electron chi connectivity index (χ1n) is 14.0. The minimum atomic E-state index is -1.25. The quantitative estimate of drug-likeness (QED) is 0.167. The van der Waals surface area contributed by atoms with Crippen LogP contribution in [0.1, 0.15) is 114 Å². The number of rotatable bonds is 8. The van der Waals surface area contributed by atoms with Crippen LogP contribution in [0.15, 0.2) is 0 Å². The smallest absolute Gasteiger partial charge is 0.327 e. The second-order valence-electron chi connectivity index (χ2n) is 14.9. The predicted molar refractivity (Wildman–Crippen MR) is 157 cm³/mol. The van der Waals surface area contributed by atoms with Gasteiger partial charge in [-0.15, -0.1) is 11.6 Å². The van der Waals surface area contributed by atoms with Crippen LogP contribution in [0.2, 0.25) is 0 Å². The van der Waals surface area contributed by atoms with E-state index in [1.54, 1.807) is 0 Å². The van der Waals surface area contributed by atoms with Crippen molar-refractivity contribution in [3.8, 4) is 0 Å². The van der Waals surface area contributed by atoms with Crippen molar-refractivity contribution >= 4 is 46.1 Å². The Balaban J connectivity index is 1.95. The molecule has 0 amide bonds. The van der Waals surface area contributed by atoms with Crippen LogP contribution in [0.25, 0.3) is 0 Å². The molecule has 7 heteroatoms. The lowest BCUT2D eigenvalue weighted by molar-refractivity contribution is -0.215. The van der Waals surface area contributed by atoms with E-state index in [2.05, 4.69) is 57.2 Å². The van der Waals surface area contributed by atoms with Gasteiger partial charge in [0.1, 0.15) is 10.5 Å². The number of hydrogen-bond acceptors (Lipinski definition) is 5. The number of carbonyl (C=O) groups is 2. The fourth-order valence-electron chi connectivity index (χ4n) is 8.48. The minimum Gasteiger partial charge on any atom is -0.468 e. The predicted octanol–water partition coefficient (Wildman–Crippen LogP) is 7.47. The van der Waals surface area contributed by atoms with E-state index in [-0.39, 0.29) is 21.2 Å². The summed E-state index contributed by atoms with van der Waals surface area (Å²) in [6, 6.07) is 0. The Morgan fingerprint density at radius 1 is 1.11 bits per heavy atom. The molecule has 5 nitrogen and oxygen atoms in total. The molecule has 0 spiro atoms. The number of aliphatic hydroxyl groups is 1. The summed E-state index contributed by atoms with van der Waals surface area (Å²) >= 11 is 9.62. The Kier molecular flexibility index (Phi) is 8.31. The lowest BCUT2D eigenvalue weighted by Gasteiger charge is -2.59. The summed E-state index contributed by atoms with van der Waals surface area (Å²) in [7, 11) is 1.38. The lowest BCUT2D eigenvalue weighted by Crippen LogP contribution is -2.62. The van der Waals surface area contributed by atoms with Crippen molar-refractivity contribution in [3.05, 3.63) is 0 Å². The first-order chi connectivity index (χ1) is 16.6. The molecule has 7 unspecified atom stereocenters. The number of ether oxygens (including phenoxy) is 2. The average Bonchev–Trinajstić information content (AvgIpc) is 2.71. The monoisotopic (exact) mass is 652 g/mol. The zero-order valence-electron chi connectivity index (χ0n) is 24.7. The van der Waals surface area contributed by atoms with E-state index in [0.29, 0.717) is 18.8 Å². The molecule has 214 valence electrons. The maximum absolute atomic E-state index is 14.3. The van der Waals surface area contributed by atoms with E-state index in [1.807, 2.05) is 27.7 Å². The van der Waals surface area contributed by atoms with E-state index >= 15 is 0 Å². The summed E-state index contributed by atoms with van der Waals surface area (Å²) in [4.78, 5) is 26.1. The number of carbonyl (C=O) groups excluding carboxylic acids is 2. The molecule has 0 radical (unpaired) electrons. The molecule has 3 rings (SSSR count). The molecule has 3 aliphatic carbocycles. The molecule has 1 N–H and O–H groups in total. The molecule has 3 saturated carbocycles. The van der Waals surface area contributed by atoms with Gasteiger partial charge in [-0.25, -0.2) is 0 Å². The van der Waals surface area contributed by atoms with Crippen LogP contribution >= 0.6 is 34.2 Å². The number of halogens is 2. The summed E-state index contributed by atoms with van der Waals surface area (Å²) in [5.74, 6) is -0.265. The number of fused-ring (bicyclic) bond motifs is 2. The van der Waals surface area contributed by atoms with Gasteiger partial charge in [0.15, 0.2) is 0 Å². The Bertz CT molecular complexity index is 912. The van der Waals surface area contributed by atoms with Crippen LogP contribution in [-0.2, 0) is 19.1 Å². The van der Waals surface area contributed by atoms with Crippen molar-refractivity contribution in [2.45, 2.75) is 133 Å². The number of alkyl halides is 2. The van der Waals surface area contributed by atoms with Gasteiger partial charge in [-0.2, -0.15) is 0 Å². The molecule has 3 fully saturated rings. The SMILES string of the molecule is COC(=O)C(Cl)(C(C)C)C(C)(C)C(C)(C)CC1(C(=O)OC23CC(C)CC(O)(CC(C)(I)C2)C3)CCC1C. The van der Waals surface area contributed by atoms with E-state index in [4.69, 9.17) is 21.1 Å². The van der Waals surface area contributed by atoms with Crippen LogP contribution in [0.5, 0.6) is 0 Å². The third-order valence-corrected chi connectivity index (χ3v) is 12.6. The van der Waals surface area contributed by atoms with Crippen molar-refractivity contribution < 1.29 is 24.2 Å². The Morgan fingerprint density at radius 3 is 2.16 bits per heavy atom. The highest BCUT2D eigenvalue weighted by atomic mass is 127. The fraction of sp³-hybridized carbons (Fsp3) is 0.933. The van der Waals surface area contributed by atoms with Crippen LogP contribution in [0.4, 0.5) is 0 Å². The molecule has 0 heterocycles. The molecule has 2 bridgehead atoms. The Hall–Kier alpha value is -0.0800. The standard InChI is InChI=1S/C30H50ClIO5/c1-19(2)30(31,23(34)36-10)25(7,8)24(5,6)15-29(12-11-21(29)4)22(33)37-28-14-20(3)13-27(35,18-28)16-26(9,32)17-28/h19-21,35H,11-18H2,1-10H3. The summed E-state index contributed by atoms with van der Waals surface area (Å²) in [6.45, 7) is 18.7. The van der Waals surface area contributed by atoms with Crippen molar-refractivity contribution in [3.63, 3.8) is 0 Å². The van der Waals surface area contributed by atoms with Gasteiger partial charge >= 0.3 is 11.9 Å². The summed E-state index contributed by atoms with van der Waals surface area (Å²) < 4.78 is 11.7. The first kappa shape index (κ1) is 31.4.